The largest absolute Gasteiger partial charge is 0.457 e. The number of anilines is 2. The van der Waals surface area contributed by atoms with Crippen molar-refractivity contribution in [3.8, 4) is 22.6 Å². The monoisotopic (exact) mass is 417 g/mol. The number of ether oxygens (including phenoxy) is 1. The number of hydrogen-bond donors (Lipinski definition) is 1. The molecule has 4 aromatic carbocycles. The van der Waals surface area contributed by atoms with Gasteiger partial charge in [0.2, 0.25) is 0 Å². The van der Waals surface area contributed by atoms with Gasteiger partial charge in [-0.2, -0.15) is 0 Å². The van der Waals surface area contributed by atoms with Gasteiger partial charge >= 0.3 is 0 Å². The Bertz CT molecular complexity index is 1270. The SMILES string of the molecule is CC1(C)c2ccccc2Nc2ccc(-c3ccc4c(c3)C(C)(C)c3ccccc3O4)cc21. The average Bonchev–Trinajstić information content (AvgIpc) is 2.79. The quantitative estimate of drug-likeness (QED) is 0.337. The molecule has 2 heterocycles. The third kappa shape index (κ3) is 2.65. The fourth-order valence-corrected chi connectivity index (χ4v) is 5.40. The summed E-state index contributed by atoms with van der Waals surface area (Å²) in [5, 5.41) is 3.63. The summed E-state index contributed by atoms with van der Waals surface area (Å²) in [5.74, 6) is 1.91. The summed E-state index contributed by atoms with van der Waals surface area (Å²) in [7, 11) is 0. The van der Waals surface area contributed by atoms with Gasteiger partial charge in [0.25, 0.3) is 0 Å². The van der Waals surface area contributed by atoms with Crippen molar-refractivity contribution in [2.75, 3.05) is 5.32 Å². The number of para-hydroxylation sites is 2. The van der Waals surface area contributed by atoms with Gasteiger partial charge < -0.3 is 10.1 Å². The van der Waals surface area contributed by atoms with Crippen molar-refractivity contribution in [1.82, 2.24) is 0 Å². The first-order chi connectivity index (χ1) is 15.4. The van der Waals surface area contributed by atoms with Gasteiger partial charge in [0.15, 0.2) is 0 Å². The van der Waals surface area contributed by atoms with Gasteiger partial charge in [-0.3, -0.25) is 0 Å². The smallest absolute Gasteiger partial charge is 0.131 e. The van der Waals surface area contributed by atoms with Crippen LogP contribution in [0.1, 0.15) is 49.9 Å². The van der Waals surface area contributed by atoms with E-state index in [2.05, 4.69) is 112 Å². The fourth-order valence-electron chi connectivity index (χ4n) is 5.40. The third-order valence-electron chi connectivity index (χ3n) is 7.33. The van der Waals surface area contributed by atoms with E-state index >= 15 is 0 Å². The van der Waals surface area contributed by atoms with E-state index in [0.29, 0.717) is 0 Å². The first kappa shape index (κ1) is 19.2. The van der Waals surface area contributed by atoms with Crippen molar-refractivity contribution in [2.45, 2.75) is 38.5 Å². The number of fused-ring (bicyclic) bond motifs is 4. The van der Waals surface area contributed by atoms with E-state index in [1.165, 1.54) is 44.8 Å². The normalized spacial score (nSPS) is 16.5. The molecule has 0 spiro atoms. The van der Waals surface area contributed by atoms with Gasteiger partial charge in [0, 0.05) is 33.3 Å². The summed E-state index contributed by atoms with van der Waals surface area (Å²) in [6.45, 7) is 9.20. The third-order valence-corrected chi connectivity index (χ3v) is 7.33. The topological polar surface area (TPSA) is 21.3 Å². The zero-order valence-corrected chi connectivity index (χ0v) is 19.0. The molecule has 0 aliphatic carbocycles. The second-order valence-corrected chi connectivity index (χ2v) is 9.99. The molecule has 0 radical (unpaired) electrons. The predicted molar refractivity (Wildman–Crippen MR) is 132 cm³/mol. The van der Waals surface area contributed by atoms with E-state index in [-0.39, 0.29) is 10.8 Å². The maximum atomic E-state index is 6.26. The summed E-state index contributed by atoms with van der Waals surface area (Å²) < 4.78 is 6.26. The number of hydrogen-bond acceptors (Lipinski definition) is 2. The van der Waals surface area contributed by atoms with Crippen molar-refractivity contribution in [3.05, 3.63) is 107 Å². The maximum absolute atomic E-state index is 6.26. The van der Waals surface area contributed by atoms with Gasteiger partial charge in [0.1, 0.15) is 11.5 Å². The minimum Gasteiger partial charge on any atom is -0.457 e. The molecule has 0 saturated carbocycles. The molecule has 2 heteroatoms. The van der Waals surface area contributed by atoms with Crippen LogP contribution < -0.4 is 10.1 Å². The van der Waals surface area contributed by atoms with Crippen LogP contribution in [0.2, 0.25) is 0 Å². The second kappa shape index (κ2) is 6.49. The average molecular weight is 418 g/mol. The molecule has 0 unspecified atom stereocenters. The molecular formula is C30H27NO. The number of benzene rings is 4. The molecular weight excluding hydrogens is 390 g/mol. The van der Waals surface area contributed by atoms with Crippen LogP contribution >= 0.6 is 0 Å². The zero-order chi connectivity index (χ0) is 22.1. The van der Waals surface area contributed by atoms with E-state index < -0.39 is 0 Å². The summed E-state index contributed by atoms with van der Waals surface area (Å²) in [5.41, 5.74) is 9.78. The molecule has 2 aliphatic rings. The Hall–Kier alpha value is -3.52. The Morgan fingerprint density at radius 3 is 1.91 bits per heavy atom. The predicted octanol–water partition coefficient (Wildman–Crippen LogP) is 8.17. The minimum absolute atomic E-state index is 0.0667. The number of rotatable bonds is 1. The molecule has 0 aromatic heterocycles. The minimum atomic E-state index is -0.117. The molecule has 32 heavy (non-hydrogen) atoms. The Balaban J connectivity index is 1.46. The van der Waals surface area contributed by atoms with Crippen LogP contribution in [-0.4, -0.2) is 0 Å². The van der Waals surface area contributed by atoms with Crippen molar-refractivity contribution in [2.24, 2.45) is 0 Å². The molecule has 1 N–H and O–H groups in total. The highest BCUT2D eigenvalue weighted by Crippen LogP contribution is 2.50. The van der Waals surface area contributed by atoms with Gasteiger partial charge in [0.05, 0.1) is 0 Å². The van der Waals surface area contributed by atoms with E-state index in [1.54, 1.807) is 0 Å². The molecule has 0 atom stereocenters. The molecule has 6 rings (SSSR count). The van der Waals surface area contributed by atoms with E-state index in [9.17, 15) is 0 Å². The molecule has 4 aromatic rings. The Kier molecular flexibility index (Phi) is 3.89. The molecule has 0 amide bonds. The molecule has 2 aliphatic heterocycles. The lowest BCUT2D eigenvalue weighted by Crippen LogP contribution is -2.26. The van der Waals surface area contributed by atoms with Crippen LogP contribution in [0.5, 0.6) is 11.5 Å². The van der Waals surface area contributed by atoms with Crippen LogP contribution in [0, 0.1) is 0 Å². The summed E-state index contributed by atoms with van der Waals surface area (Å²) in [6, 6.07) is 30.4. The van der Waals surface area contributed by atoms with Crippen LogP contribution in [-0.2, 0) is 10.8 Å². The van der Waals surface area contributed by atoms with Gasteiger partial charge in [-0.05, 0) is 58.7 Å². The summed E-state index contributed by atoms with van der Waals surface area (Å²) >= 11 is 0. The standard InChI is InChI=1S/C30H27NO/c1-29(2)21-9-5-7-11-25(21)31-26-15-13-19(17-23(26)29)20-14-16-28-24(18-20)30(3,4)22-10-6-8-12-27(22)32-28/h5-18,31H,1-4H3. The summed E-state index contributed by atoms with van der Waals surface area (Å²) in [6.07, 6.45) is 0. The van der Waals surface area contributed by atoms with Crippen molar-refractivity contribution < 1.29 is 4.74 Å². The Morgan fingerprint density at radius 1 is 0.531 bits per heavy atom. The van der Waals surface area contributed by atoms with Crippen molar-refractivity contribution in [1.29, 1.82) is 0 Å². The van der Waals surface area contributed by atoms with Crippen LogP contribution in [0.15, 0.2) is 84.9 Å². The molecule has 0 saturated heterocycles. The van der Waals surface area contributed by atoms with E-state index in [4.69, 9.17) is 4.74 Å². The Labute approximate surface area is 189 Å². The van der Waals surface area contributed by atoms with Gasteiger partial charge in [-0.15, -0.1) is 0 Å². The number of nitrogens with one attached hydrogen (secondary N) is 1. The molecule has 0 bridgehead atoms. The summed E-state index contributed by atoms with van der Waals surface area (Å²) in [4.78, 5) is 0. The maximum Gasteiger partial charge on any atom is 0.131 e. The molecule has 0 fully saturated rings. The second-order valence-electron chi connectivity index (χ2n) is 9.99. The van der Waals surface area contributed by atoms with Crippen LogP contribution in [0.3, 0.4) is 0 Å². The lowest BCUT2D eigenvalue weighted by atomic mass is 9.73. The lowest BCUT2D eigenvalue weighted by Gasteiger charge is -2.36. The first-order valence-corrected chi connectivity index (χ1v) is 11.3. The van der Waals surface area contributed by atoms with Crippen LogP contribution in [0.25, 0.3) is 11.1 Å². The fraction of sp³-hybridized carbons (Fsp3) is 0.200. The molecule has 2 nitrogen and oxygen atoms in total. The van der Waals surface area contributed by atoms with Crippen molar-refractivity contribution >= 4 is 11.4 Å². The highest BCUT2D eigenvalue weighted by Gasteiger charge is 2.35. The first-order valence-electron chi connectivity index (χ1n) is 11.3. The highest BCUT2D eigenvalue weighted by molar-refractivity contribution is 5.79. The highest BCUT2D eigenvalue weighted by atomic mass is 16.5. The van der Waals surface area contributed by atoms with Crippen molar-refractivity contribution in [3.63, 3.8) is 0 Å². The molecule has 158 valence electrons. The van der Waals surface area contributed by atoms with Gasteiger partial charge in [-0.1, -0.05) is 76.2 Å². The van der Waals surface area contributed by atoms with E-state index in [0.717, 1.165) is 11.5 Å². The zero-order valence-electron chi connectivity index (χ0n) is 19.0. The van der Waals surface area contributed by atoms with Gasteiger partial charge in [-0.25, -0.2) is 0 Å². The van der Waals surface area contributed by atoms with Crippen LogP contribution in [0.4, 0.5) is 11.4 Å². The Morgan fingerprint density at radius 2 is 1.09 bits per heavy atom. The van der Waals surface area contributed by atoms with E-state index in [1.807, 2.05) is 6.07 Å². The lowest BCUT2D eigenvalue weighted by molar-refractivity contribution is 0.418.